The van der Waals surface area contributed by atoms with Crippen LogP contribution in [0.4, 0.5) is 11.5 Å². The number of nitrogens with one attached hydrogen (secondary N) is 2. The molecule has 0 saturated carbocycles. The lowest BCUT2D eigenvalue weighted by atomic mass is 10.3. The minimum Gasteiger partial charge on any atom is -0.378 e. The average molecular weight is 361 g/mol. The van der Waals surface area contributed by atoms with E-state index in [1.165, 1.54) is 0 Å². The molecule has 0 unspecified atom stereocenters. The maximum atomic E-state index is 6.06. The lowest BCUT2D eigenvalue weighted by Crippen LogP contribution is -2.12. The molecule has 5 nitrogen and oxygen atoms in total. The number of hydrogen-bond donors (Lipinski definition) is 3. The summed E-state index contributed by atoms with van der Waals surface area (Å²) < 4.78 is 0. The van der Waals surface area contributed by atoms with Crippen LogP contribution in [-0.2, 0) is 6.54 Å². The largest absolute Gasteiger partial charge is 0.378 e. The molecule has 1 aromatic heterocycles. The van der Waals surface area contributed by atoms with Crippen LogP contribution in [0.25, 0.3) is 0 Å². The molecule has 0 bridgehead atoms. The van der Waals surface area contributed by atoms with Gasteiger partial charge < -0.3 is 16.4 Å². The highest BCUT2D eigenvalue weighted by molar-refractivity contribution is 6.42. The number of nitrogens with two attached hydrogens (primary N) is 1. The molecular weight excluding hydrogens is 345 g/mol. The number of aromatic nitrogens is 2. The van der Waals surface area contributed by atoms with E-state index in [-0.39, 0.29) is 0 Å². The topological polar surface area (TPSA) is 75.9 Å². The summed E-state index contributed by atoms with van der Waals surface area (Å²) in [5.74, 6) is 1.22. The molecule has 2 aromatic rings. The third kappa shape index (κ3) is 4.88. The number of rotatable bonds is 7. The fraction of sp³-hybridized carbons (Fsp3) is 0.286. The number of halogens is 3. The van der Waals surface area contributed by atoms with E-state index in [9.17, 15) is 0 Å². The summed E-state index contributed by atoms with van der Waals surface area (Å²) in [6.45, 7) is 1.77. The molecule has 0 aliphatic rings. The van der Waals surface area contributed by atoms with Crippen molar-refractivity contribution in [1.29, 1.82) is 0 Å². The first-order valence-electron chi connectivity index (χ1n) is 6.74. The Bertz CT molecular complexity index is 636. The van der Waals surface area contributed by atoms with Gasteiger partial charge in [-0.15, -0.1) is 0 Å². The second-order valence-electron chi connectivity index (χ2n) is 4.53. The Kier molecular flexibility index (Phi) is 6.51. The third-order valence-electron chi connectivity index (χ3n) is 2.84. The van der Waals surface area contributed by atoms with E-state index in [2.05, 4.69) is 20.6 Å². The van der Waals surface area contributed by atoms with E-state index in [0.29, 0.717) is 46.3 Å². The van der Waals surface area contributed by atoms with Crippen LogP contribution in [0.1, 0.15) is 12.2 Å². The number of hydrogen-bond acceptors (Lipinski definition) is 5. The second kappa shape index (κ2) is 8.39. The molecule has 0 aliphatic heterocycles. The molecule has 1 aromatic carbocycles. The number of anilines is 2. The first kappa shape index (κ1) is 17.1. The van der Waals surface area contributed by atoms with Crippen LogP contribution < -0.4 is 16.4 Å². The molecule has 8 heteroatoms. The predicted octanol–water partition coefficient (Wildman–Crippen LogP) is 3.81. The van der Waals surface area contributed by atoms with Gasteiger partial charge in [-0.3, -0.25) is 0 Å². The SMILES string of the molecule is NCCCNc1nc(CNc2ccc(Cl)c(Cl)c2)ncc1Cl. The summed E-state index contributed by atoms with van der Waals surface area (Å²) in [6, 6.07) is 5.32. The Hall–Kier alpha value is -1.27. The zero-order valence-electron chi connectivity index (χ0n) is 11.7. The van der Waals surface area contributed by atoms with Crippen LogP contribution in [-0.4, -0.2) is 23.1 Å². The van der Waals surface area contributed by atoms with Crippen molar-refractivity contribution in [2.75, 3.05) is 23.7 Å². The van der Waals surface area contributed by atoms with Crippen molar-refractivity contribution in [3.05, 3.63) is 45.3 Å². The summed E-state index contributed by atoms with van der Waals surface area (Å²) in [4.78, 5) is 8.58. The Balaban J connectivity index is 2.00. The van der Waals surface area contributed by atoms with Crippen LogP contribution in [0.3, 0.4) is 0 Å². The Labute approximate surface area is 144 Å². The molecule has 0 saturated heterocycles. The van der Waals surface area contributed by atoms with Gasteiger partial charge in [0, 0.05) is 12.2 Å². The van der Waals surface area contributed by atoms with Crippen molar-refractivity contribution in [2.45, 2.75) is 13.0 Å². The molecule has 0 atom stereocenters. The van der Waals surface area contributed by atoms with Crippen molar-refractivity contribution in [1.82, 2.24) is 9.97 Å². The van der Waals surface area contributed by atoms with Gasteiger partial charge in [-0.2, -0.15) is 0 Å². The van der Waals surface area contributed by atoms with Gasteiger partial charge in [0.2, 0.25) is 0 Å². The minimum atomic E-state index is 0.445. The van der Waals surface area contributed by atoms with Crippen LogP contribution in [0.5, 0.6) is 0 Å². The summed E-state index contributed by atoms with van der Waals surface area (Å²) in [6.07, 6.45) is 2.42. The number of nitrogens with zero attached hydrogens (tertiary/aromatic N) is 2. The van der Waals surface area contributed by atoms with Gasteiger partial charge in [-0.1, -0.05) is 34.8 Å². The zero-order chi connectivity index (χ0) is 15.9. The minimum absolute atomic E-state index is 0.445. The van der Waals surface area contributed by atoms with Crippen LogP contribution >= 0.6 is 34.8 Å². The summed E-state index contributed by atoms with van der Waals surface area (Å²) >= 11 is 17.9. The molecule has 4 N–H and O–H groups in total. The lowest BCUT2D eigenvalue weighted by molar-refractivity contribution is 0.862. The Morgan fingerprint density at radius 2 is 1.86 bits per heavy atom. The highest BCUT2D eigenvalue weighted by Gasteiger charge is 2.06. The lowest BCUT2D eigenvalue weighted by Gasteiger charge is -2.10. The molecule has 0 amide bonds. The first-order valence-corrected chi connectivity index (χ1v) is 7.88. The van der Waals surface area contributed by atoms with Gasteiger partial charge in [0.05, 0.1) is 22.8 Å². The summed E-state index contributed by atoms with van der Waals surface area (Å²) in [5.41, 5.74) is 6.30. The fourth-order valence-corrected chi connectivity index (χ4v) is 2.16. The maximum absolute atomic E-state index is 6.06. The fourth-order valence-electron chi connectivity index (χ4n) is 1.71. The van der Waals surface area contributed by atoms with Gasteiger partial charge in [0.25, 0.3) is 0 Å². The third-order valence-corrected chi connectivity index (χ3v) is 3.85. The van der Waals surface area contributed by atoms with Crippen LogP contribution in [0.15, 0.2) is 24.4 Å². The van der Waals surface area contributed by atoms with Crippen molar-refractivity contribution in [3.63, 3.8) is 0 Å². The zero-order valence-corrected chi connectivity index (χ0v) is 14.0. The monoisotopic (exact) mass is 359 g/mol. The second-order valence-corrected chi connectivity index (χ2v) is 5.76. The predicted molar refractivity (Wildman–Crippen MR) is 93.0 cm³/mol. The molecule has 0 spiro atoms. The van der Waals surface area contributed by atoms with Gasteiger partial charge in [0.15, 0.2) is 0 Å². The number of benzene rings is 1. The first-order chi connectivity index (χ1) is 10.6. The molecule has 118 valence electrons. The van der Waals surface area contributed by atoms with Crippen LogP contribution in [0.2, 0.25) is 15.1 Å². The summed E-state index contributed by atoms with van der Waals surface area (Å²) in [7, 11) is 0. The quantitative estimate of drug-likeness (QED) is 0.655. The van der Waals surface area contributed by atoms with Crippen molar-refractivity contribution in [2.24, 2.45) is 5.73 Å². The van der Waals surface area contributed by atoms with Gasteiger partial charge in [-0.05, 0) is 31.2 Å². The molecule has 0 aliphatic carbocycles. The van der Waals surface area contributed by atoms with Crippen molar-refractivity contribution in [3.8, 4) is 0 Å². The highest BCUT2D eigenvalue weighted by atomic mass is 35.5. The normalized spacial score (nSPS) is 10.5. The molecule has 0 fully saturated rings. The van der Waals surface area contributed by atoms with E-state index in [4.69, 9.17) is 40.5 Å². The van der Waals surface area contributed by atoms with E-state index < -0.39 is 0 Å². The van der Waals surface area contributed by atoms with E-state index in [1.54, 1.807) is 18.3 Å². The standard InChI is InChI=1S/C14H16Cl3N5/c15-10-3-2-9(6-11(10)16)20-8-13-21-7-12(17)14(22-13)19-5-1-4-18/h2-3,6-7,20H,1,4-5,8,18H2,(H,19,21,22). The van der Waals surface area contributed by atoms with Gasteiger partial charge in [0.1, 0.15) is 16.7 Å². The molecule has 2 rings (SSSR count). The van der Waals surface area contributed by atoms with Gasteiger partial charge >= 0.3 is 0 Å². The Morgan fingerprint density at radius 1 is 1.05 bits per heavy atom. The highest BCUT2D eigenvalue weighted by Crippen LogP contribution is 2.25. The average Bonchev–Trinajstić information content (AvgIpc) is 2.51. The van der Waals surface area contributed by atoms with E-state index >= 15 is 0 Å². The van der Waals surface area contributed by atoms with Gasteiger partial charge in [-0.25, -0.2) is 9.97 Å². The van der Waals surface area contributed by atoms with Crippen LogP contribution in [0, 0.1) is 0 Å². The van der Waals surface area contributed by atoms with E-state index in [0.717, 1.165) is 12.1 Å². The molecule has 0 radical (unpaired) electrons. The maximum Gasteiger partial charge on any atom is 0.149 e. The Morgan fingerprint density at radius 3 is 2.59 bits per heavy atom. The summed E-state index contributed by atoms with van der Waals surface area (Å²) in [5, 5.41) is 7.81. The molecule has 1 heterocycles. The smallest absolute Gasteiger partial charge is 0.149 e. The van der Waals surface area contributed by atoms with Crippen molar-refractivity contribution >= 4 is 46.3 Å². The molecular formula is C14H16Cl3N5. The van der Waals surface area contributed by atoms with Crippen molar-refractivity contribution < 1.29 is 0 Å². The van der Waals surface area contributed by atoms with E-state index in [1.807, 2.05) is 6.07 Å². The molecule has 22 heavy (non-hydrogen) atoms.